The first-order valence-electron chi connectivity index (χ1n) is 7.39. The fourth-order valence-corrected chi connectivity index (χ4v) is 3.34. The number of sulfonamides is 1. The molecule has 0 saturated heterocycles. The molecule has 1 aliphatic rings. The minimum Gasteiger partial charge on any atom is -0.268 e. The van der Waals surface area contributed by atoms with Gasteiger partial charge in [0, 0.05) is 24.6 Å². The average Bonchev–Trinajstić information content (AvgIpc) is 3.33. The Hall–Kier alpha value is -2.13. The predicted octanol–water partition coefficient (Wildman–Crippen LogP) is 1.38. The van der Waals surface area contributed by atoms with Crippen LogP contribution in [0.3, 0.4) is 0 Å². The number of halogens is 2. The minimum absolute atomic E-state index is 0.0242. The number of nitrogens with zero attached hydrogens (tertiary/aromatic N) is 2. The molecule has 1 N–H and O–H groups in total. The van der Waals surface area contributed by atoms with E-state index in [9.17, 15) is 22.0 Å². The maximum Gasteiger partial charge on any atom is 0.266 e. The van der Waals surface area contributed by atoms with Gasteiger partial charge in [-0.3, -0.25) is 4.79 Å². The molecule has 1 heterocycles. The molecule has 128 valence electrons. The zero-order valence-corrected chi connectivity index (χ0v) is 13.4. The Labute approximate surface area is 137 Å². The fourth-order valence-electron chi connectivity index (χ4n) is 2.27. The van der Waals surface area contributed by atoms with Crippen LogP contribution in [-0.4, -0.2) is 24.7 Å². The maximum absolute atomic E-state index is 13.1. The molecule has 3 rings (SSSR count). The molecule has 1 aliphatic carbocycles. The minimum atomic E-state index is -4.08. The van der Waals surface area contributed by atoms with E-state index in [0.717, 1.165) is 30.7 Å². The van der Waals surface area contributed by atoms with Crippen molar-refractivity contribution in [2.75, 3.05) is 6.54 Å². The highest BCUT2D eigenvalue weighted by atomic mass is 32.2. The van der Waals surface area contributed by atoms with Crippen LogP contribution in [0.1, 0.15) is 24.5 Å². The van der Waals surface area contributed by atoms with E-state index in [1.165, 1.54) is 10.7 Å². The molecule has 0 spiro atoms. The Kier molecular flexibility index (Phi) is 4.46. The molecule has 1 aromatic carbocycles. The number of nitrogens with one attached hydrogen (secondary N) is 1. The quantitative estimate of drug-likeness (QED) is 0.849. The van der Waals surface area contributed by atoms with Crippen LogP contribution in [0.4, 0.5) is 8.78 Å². The molecule has 0 aliphatic heterocycles. The number of hydrogen-bond acceptors (Lipinski definition) is 4. The van der Waals surface area contributed by atoms with Crippen LogP contribution in [0.2, 0.25) is 0 Å². The van der Waals surface area contributed by atoms with E-state index < -0.39 is 26.6 Å². The third-order valence-electron chi connectivity index (χ3n) is 3.64. The lowest BCUT2D eigenvalue weighted by Gasteiger charge is -2.09. The molecule has 1 fully saturated rings. The van der Waals surface area contributed by atoms with Gasteiger partial charge in [0.1, 0.15) is 11.6 Å². The van der Waals surface area contributed by atoms with E-state index in [1.54, 1.807) is 6.07 Å². The van der Waals surface area contributed by atoms with Gasteiger partial charge in [-0.25, -0.2) is 26.6 Å². The molecule has 2 aromatic rings. The monoisotopic (exact) mass is 355 g/mol. The third kappa shape index (κ3) is 3.85. The Morgan fingerprint density at radius 1 is 1.17 bits per heavy atom. The molecule has 1 aromatic heterocycles. The molecule has 0 bridgehead atoms. The zero-order valence-electron chi connectivity index (χ0n) is 12.6. The number of hydrogen-bond donors (Lipinski definition) is 1. The van der Waals surface area contributed by atoms with Crippen molar-refractivity contribution in [3.05, 3.63) is 58.0 Å². The summed E-state index contributed by atoms with van der Waals surface area (Å²) in [4.78, 5) is 11.2. The Morgan fingerprint density at radius 3 is 2.46 bits per heavy atom. The zero-order chi connectivity index (χ0) is 17.3. The van der Waals surface area contributed by atoms with E-state index >= 15 is 0 Å². The van der Waals surface area contributed by atoms with Crippen molar-refractivity contribution in [1.29, 1.82) is 0 Å². The Bertz CT molecular complexity index is 904. The van der Waals surface area contributed by atoms with Crippen LogP contribution in [0.5, 0.6) is 0 Å². The normalized spacial score (nSPS) is 14.8. The second-order valence-electron chi connectivity index (χ2n) is 5.60. The molecule has 6 nitrogen and oxygen atoms in total. The van der Waals surface area contributed by atoms with Crippen LogP contribution < -0.4 is 10.3 Å². The second-order valence-corrected chi connectivity index (χ2v) is 7.36. The van der Waals surface area contributed by atoms with Crippen molar-refractivity contribution in [2.45, 2.75) is 30.2 Å². The second kappa shape index (κ2) is 6.40. The molecule has 24 heavy (non-hydrogen) atoms. The first-order chi connectivity index (χ1) is 11.3. The van der Waals surface area contributed by atoms with E-state index in [2.05, 4.69) is 9.82 Å². The molecule has 0 amide bonds. The van der Waals surface area contributed by atoms with Gasteiger partial charge in [-0.1, -0.05) is 0 Å². The summed E-state index contributed by atoms with van der Waals surface area (Å²) >= 11 is 0. The van der Waals surface area contributed by atoms with Gasteiger partial charge >= 0.3 is 0 Å². The van der Waals surface area contributed by atoms with E-state index in [1.807, 2.05) is 0 Å². The lowest BCUT2D eigenvalue weighted by atomic mass is 10.3. The highest BCUT2D eigenvalue weighted by Gasteiger charge is 2.25. The van der Waals surface area contributed by atoms with Crippen molar-refractivity contribution in [3.63, 3.8) is 0 Å². The summed E-state index contributed by atoms with van der Waals surface area (Å²) in [6.45, 7) is -0.0993. The van der Waals surface area contributed by atoms with Gasteiger partial charge in [0.2, 0.25) is 10.0 Å². The summed E-state index contributed by atoms with van der Waals surface area (Å²) in [5.41, 5.74) is 0.472. The van der Waals surface area contributed by atoms with E-state index in [4.69, 9.17) is 0 Å². The van der Waals surface area contributed by atoms with Gasteiger partial charge in [0.25, 0.3) is 5.56 Å². The molecule has 0 unspecified atom stereocenters. The highest BCUT2D eigenvalue weighted by Crippen LogP contribution is 2.38. The summed E-state index contributed by atoms with van der Waals surface area (Å²) < 4.78 is 53.8. The Balaban J connectivity index is 1.69. The number of rotatable bonds is 6. The van der Waals surface area contributed by atoms with Gasteiger partial charge in [-0.2, -0.15) is 5.10 Å². The summed E-state index contributed by atoms with van der Waals surface area (Å²) in [6.07, 6.45) is 2.06. The van der Waals surface area contributed by atoms with Gasteiger partial charge in [0.15, 0.2) is 0 Å². The molecule has 1 saturated carbocycles. The maximum atomic E-state index is 13.1. The first-order valence-corrected chi connectivity index (χ1v) is 8.87. The Morgan fingerprint density at radius 2 is 1.83 bits per heavy atom. The summed E-state index contributed by atoms with van der Waals surface area (Å²) in [6, 6.07) is 5.12. The van der Waals surface area contributed by atoms with Crippen LogP contribution in [0.25, 0.3) is 0 Å². The summed E-state index contributed by atoms with van der Waals surface area (Å²) in [7, 11) is -4.08. The molecular weight excluding hydrogens is 340 g/mol. The van der Waals surface area contributed by atoms with Crippen LogP contribution >= 0.6 is 0 Å². The van der Waals surface area contributed by atoms with Crippen LogP contribution in [-0.2, 0) is 16.6 Å². The van der Waals surface area contributed by atoms with Crippen LogP contribution in [0, 0.1) is 11.6 Å². The predicted molar refractivity (Wildman–Crippen MR) is 82.0 cm³/mol. The largest absolute Gasteiger partial charge is 0.268 e. The fraction of sp³-hybridized carbons (Fsp3) is 0.333. The summed E-state index contributed by atoms with van der Waals surface area (Å²) in [5, 5.41) is 4.20. The lowest BCUT2D eigenvalue weighted by molar-refractivity contribution is 0.537. The smallest absolute Gasteiger partial charge is 0.266 e. The highest BCUT2D eigenvalue weighted by molar-refractivity contribution is 7.89. The lowest BCUT2D eigenvalue weighted by Crippen LogP contribution is -2.32. The molecule has 0 radical (unpaired) electrons. The van der Waals surface area contributed by atoms with E-state index in [-0.39, 0.29) is 18.6 Å². The summed E-state index contributed by atoms with van der Waals surface area (Å²) in [5.74, 6) is -1.60. The topological polar surface area (TPSA) is 81.1 Å². The van der Waals surface area contributed by atoms with Crippen molar-refractivity contribution in [3.8, 4) is 0 Å². The molecular formula is C15H15F2N3O3S. The molecule has 0 atom stereocenters. The third-order valence-corrected chi connectivity index (χ3v) is 5.09. The van der Waals surface area contributed by atoms with Crippen molar-refractivity contribution >= 4 is 10.0 Å². The van der Waals surface area contributed by atoms with Gasteiger partial charge < -0.3 is 0 Å². The SMILES string of the molecule is O=c1ccc(C2CC2)nn1CCNS(=O)(=O)c1cc(F)cc(F)c1. The van der Waals surface area contributed by atoms with Gasteiger partial charge in [-0.05, 0) is 31.0 Å². The number of aromatic nitrogens is 2. The van der Waals surface area contributed by atoms with Crippen molar-refractivity contribution < 1.29 is 17.2 Å². The van der Waals surface area contributed by atoms with E-state index in [0.29, 0.717) is 12.0 Å². The van der Waals surface area contributed by atoms with Gasteiger partial charge in [0.05, 0.1) is 17.1 Å². The van der Waals surface area contributed by atoms with Crippen molar-refractivity contribution in [2.24, 2.45) is 0 Å². The molecule has 9 heteroatoms. The number of benzene rings is 1. The van der Waals surface area contributed by atoms with Gasteiger partial charge in [-0.15, -0.1) is 0 Å². The standard InChI is InChI=1S/C15H15F2N3O3S/c16-11-7-12(17)9-13(8-11)24(22,23)18-5-6-20-15(21)4-3-14(19-20)10-1-2-10/h3-4,7-10,18H,1-2,5-6H2. The van der Waals surface area contributed by atoms with Crippen molar-refractivity contribution in [1.82, 2.24) is 14.5 Å². The average molecular weight is 355 g/mol. The first kappa shape index (κ1) is 16.7. The van der Waals surface area contributed by atoms with Crippen LogP contribution in [0.15, 0.2) is 40.0 Å².